The van der Waals surface area contributed by atoms with Crippen molar-refractivity contribution in [3.05, 3.63) is 65.7 Å². The highest BCUT2D eigenvalue weighted by molar-refractivity contribution is 7.91. The Kier molecular flexibility index (Phi) is 6.74. The molecular formula is C20H23NO5S. The fourth-order valence-corrected chi connectivity index (χ4v) is 3.67. The first-order valence-electron chi connectivity index (χ1n) is 8.58. The molecule has 2 rings (SSSR count). The third-order valence-corrected chi connectivity index (χ3v) is 6.14. The SMILES string of the molecule is CCS(=O)(=O)c1cccc(CC(=O)N(C)C(Cc2ccccc2)C(=O)O)c1. The lowest BCUT2D eigenvalue weighted by atomic mass is 10.0. The smallest absolute Gasteiger partial charge is 0.326 e. The zero-order valence-corrected chi connectivity index (χ0v) is 16.1. The molecule has 1 N–H and O–H groups in total. The number of nitrogens with zero attached hydrogens (tertiary/aromatic N) is 1. The van der Waals surface area contributed by atoms with E-state index in [1.807, 2.05) is 30.3 Å². The Hall–Kier alpha value is -2.67. The first-order chi connectivity index (χ1) is 12.7. The van der Waals surface area contributed by atoms with Crippen LogP contribution in [0.1, 0.15) is 18.1 Å². The molecule has 27 heavy (non-hydrogen) atoms. The second kappa shape index (κ2) is 8.81. The number of hydrogen-bond acceptors (Lipinski definition) is 4. The van der Waals surface area contributed by atoms with E-state index in [0.29, 0.717) is 5.56 Å². The van der Waals surface area contributed by atoms with Gasteiger partial charge in [0, 0.05) is 13.5 Å². The van der Waals surface area contributed by atoms with Crippen LogP contribution in [0.15, 0.2) is 59.5 Å². The van der Waals surface area contributed by atoms with Crippen LogP contribution in [0.2, 0.25) is 0 Å². The van der Waals surface area contributed by atoms with E-state index < -0.39 is 21.8 Å². The van der Waals surface area contributed by atoms with E-state index in [1.165, 1.54) is 24.1 Å². The molecule has 0 spiro atoms. The zero-order chi connectivity index (χ0) is 20.0. The fraction of sp³-hybridized carbons (Fsp3) is 0.300. The number of amides is 1. The van der Waals surface area contributed by atoms with Crippen LogP contribution in [0, 0.1) is 0 Å². The zero-order valence-electron chi connectivity index (χ0n) is 15.3. The summed E-state index contributed by atoms with van der Waals surface area (Å²) in [6.45, 7) is 1.56. The number of sulfone groups is 1. The highest BCUT2D eigenvalue weighted by Gasteiger charge is 2.27. The van der Waals surface area contributed by atoms with Crippen LogP contribution < -0.4 is 0 Å². The van der Waals surface area contributed by atoms with Gasteiger partial charge in [0.05, 0.1) is 17.1 Å². The summed E-state index contributed by atoms with van der Waals surface area (Å²) in [6.07, 6.45) is 0.130. The van der Waals surface area contributed by atoms with Crippen molar-refractivity contribution in [1.29, 1.82) is 0 Å². The number of carbonyl (C=O) groups excluding carboxylic acids is 1. The van der Waals surface area contributed by atoms with Crippen LogP contribution in [0.3, 0.4) is 0 Å². The molecule has 0 bridgehead atoms. The van der Waals surface area contributed by atoms with E-state index in [2.05, 4.69) is 0 Å². The Morgan fingerprint density at radius 2 is 1.67 bits per heavy atom. The van der Waals surface area contributed by atoms with Gasteiger partial charge in [0.15, 0.2) is 9.84 Å². The predicted molar refractivity (Wildman–Crippen MR) is 102 cm³/mol. The maximum absolute atomic E-state index is 12.6. The molecule has 0 aliphatic rings. The maximum atomic E-state index is 12.6. The Bertz CT molecular complexity index is 909. The molecule has 1 amide bonds. The van der Waals surface area contributed by atoms with Crippen LogP contribution in [0.25, 0.3) is 0 Å². The summed E-state index contributed by atoms with van der Waals surface area (Å²) in [5.74, 6) is -1.50. The molecule has 6 nitrogen and oxygen atoms in total. The summed E-state index contributed by atoms with van der Waals surface area (Å²) in [6, 6.07) is 14.3. The molecule has 0 saturated heterocycles. The maximum Gasteiger partial charge on any atom is 0.326 e. The van der Waals surface area contributed by atoms with Gasteiger partial charge in [-0.1, -0.05) is 49.4 Å². The lowest BCUT2D eigenvalue weighted by molar-refractivity contribution is -0.148. The first kappa shape index (κ1) is 20.6. The molecule has 2 aromatic carbocycles. The van der Waals surface area contributed by atoms with Crippen LogP contribution in [0.5, 0.6) is 0 Å². The van der Waals surface area contributed by atoms with Gasteiger partial charge in [-0.2, -0.15) is 0 Å². The van der Waals surface area contributed by atoms with Crippen molar-refractivity contribution in [3.8, 4) is 0 Å². The van der Waals surface area contributed by atoms with Gasteiger partial charge in [-0.15, -0.1) is 0 Å². The first-order valence-corrected chi connectivity index (χ1v) is 10.2. The predicted octanol–water partition coefficient (Wildman–Crippen LogP) is 2.18. The number of carboxylic acids is 1. The molecule has 0 aromatic heterocycles. The number of carboxylic acid groups (broad SMARTS) is 1. The van der Waals surface area contributed by atoms with Crippen molar-refractivity contribution in [2.24, 2.45) is 0 Å². The van der Waals surface area contributed by atoms with Crippen LogP contribution in [0.4, 0.5) is 0 Å². The Labute approximate surface area is 159 Å². The minimum absolute atomic E-state index is 0.0253. The lowest BCUT2D eigenvalue weighted by Crippen LogP contribution is -2.44. The molecule has 7 heteroatoms. The van der Waals surface area contributed by atoms with Crippen LogP contribution in [-0.2, 0) is 32.3 Å². The number of rotatable bonds is 8. The summed E-state index contributed by atoms with van der Waals surface area (Å²) in [5, 5.41) is 9.53. The average Bonchev–Trinajstić information content (AvgIpc) is 2.66. The van der Waals surface area contributed by atoms with E-state index in [9.17, 15) is 23.1 Å². The summed E-state index contributed by atoms with van der Waals surface area (Å²) >= 11 is 0. The molecule has 144 valence electrons. The molecule has 1 unspecified atom stereocenters. The quantitative estimate of drug-likeness (QED) is 0.747. The fourth-order valence-electron chi connectivity index (χ4n) is 2.72. The summed E-state index contributed by atoms with van der Waals surface area (Å²) in [5.41, 5.74) is 1.35. The molecule has 0 aliphatic carbocycles. The highest BCUT2D eigenvalue weighted by Crippen LogP contribution is 2.15. The topological polar surface area (TPSA) is 91.8 Å². The van der Waals surface area contributed by atoms with Crippen molar-refractivity contribution in [1.82, 2.24) is 4.90 Å². The molecule has 0 saturated carbocycles. The van der Waals surface area contributed by atoms with Crippen molar-refractivity contribution >= 4 is 21.7 Å². The van der Waals surface area contributed by atoms with Gasteiger partial charge in [0.1, 0.15) is 6.04 Å². The number of carbonyl (C=O) groups is 2. The molecule has 1 atom stereocenters. The summed E-state index contributed by atoms with van der Waals surface area (Å²) in [4.78, 5) is 25.6. The van der Waals surface area contributed by atoms with Crippen molar-refractivity contribution in [2.75, 3.05) is 12.8 Å². The largest absolute Gasteiger partial charge is 0.480 e. The average molecular weight is 389 g/mol. The number of hydrogen-bond donors (Lipinski definition) is 1. The molecule has 0 fully saturated rings. The van der Waals surface area contributed by atoms with Gasteiger partial charge in [-0.05, 0) is 23.3 Å². The minimum Gasteiger partial charge on any atom is -0.480 e. The molecule has 0 aliphatic heterocycles. The molecule has 0 radical (unpaired) electrons. The van der Waals surface area contributed by atoms with Gasteiger partial charge in [-0.25, -0.2) is 13.2 Å². The number of likely N-dealkylation sites (N-methyl/N-ethyl adjacent to an activating group) is 1. The summed E-state index contributed by atoms with van der Waals surface area (Å²) < 4.78 is 24.0. The summed E-state index contributed by atoms with van der Waals surface area (Å²) in [7, 11) is -1.91. The molecular weight excluding hydrogens is 366 g/mol. The highest BCUT2D eigenvalue weighted by atomic mass is 32.2. The van der Waals surface area contributed by atoms with E-state index in [-0.39, 0.29) is 29.4 Å². The standard InChI is InChI=1S/C20H23NO5S/c1-3-27(25,26)17-11-7-10-16(12-17)14-19(22)21(2)18(20(23)24)13-15-8-5-4-6-9-15/h4-12,18H,3,13-14H2,1-2H3,(H,23,24). The molecule has 0 heterocycles. The van der Waals surface area contributed by atoms with Gasteiger partial charge in [-0.3, -0.25) is 4.79 Å². The van der Waals surface area contributed by atoms with Gasteiger partial charge in [0.25, 0.3) is 0 Å². The van der Waals surface area contributed by atoms with E-state index in [1.54, 1.807) is 19.1 Å². The van der Waals surface area contributed by atoms with Crippen molar-refractivity contribution < 1.29 is 23.1 Å². The van der Waals surface area contributed by atoms with Gasteiger partial charge in [0.2, 0.25) is 5.91 Å². The Morgan fingerprint density at radius 3 is 2.26 bits per heavy atom. The monoisotopic (exact) mass is 389 g/mol. The van der Waals surface area contributed by atoms with Gasteiger partial charge < -0.3 is 10.0 Å². The normalized spacial score (nSPS) is 12.4. The third-order valence-electron chi connectivity index (χ3n) is 4.41. The lowest BCUT2D eigenvalue weighted by Gasteiger charge is -2.25. The Balaban J connectivity index is 2.16. The number of aliphatic carboxylic acids is 1. The van der Waals surface area contributed by atoms with Crippen LogP contribution in [-0.4, -0.2) is 49.1 Å². The van der Waals surface area contributed by atoms with E-state index >= 15 is 0 Å². The van der Waals surface area contributed by atoms with E-state index in [0.717, 1.165) is 5.56 Å². The second-order valence-corrected chi connectivity index (χ2v) is 8.55. The van der Waals surface area contributed by atoms with Crippen molar-refractivity contribution in [2.45, 2.75) is 30.7 Å². The third kappa shape index (κ3) is 5.40. The Morgan fingerprint density at radius 1 is 1.04 bits per heavy atom. The number of benzene rings is 2. The minimum atomic E-state index is -3.37. The second-order valence-electron chi connectivity index (χ2n) is 6.28. The van der Waals surface area contributed by atoms with E-state index in [4.69, 9.17) is 0 Å². The van der Waals surface area contributed by atoms with Crippen LogP contribution >= 0.6 is 0 Å². The molecule has 2 aromatic rings. The van der Waals surface area contributed by atoms with Gasteiger partial charge >= 0.3 is 5.97 Å². The van der Waals surface area contributed by atoms with Crippen molar-refractivity contribution in [3.63, 3.8) is 0 Å².